The number of anilines is 1. The van der Waals surface area contributed by atoms with Crippen LogP contribution in [0.1, 0.15) is 36.2 Å². The summed E-state index contributed by atoms with van der Waals surface area (Å²) in [6.07, 6.45) is 4.26. The van der Waals surface area contributed by atoms with Gasteiger partial charge >= 0.3 is 0 Å². The Kier molecular flexibility index (Phi) is 6.41. The third-order valence-corrected chi connectivity index (χ3v) is 5.31. The molecule has 144 valence electrons. The summed E-state index contributed by atoms with van der Waals surface area (Å²) in [5, 5.41) is 7.75. The highest BCUT2D eigenvalue weighted by Gasteiger charge is 2.11. The van der Waals surface area contributed by atoms with Crippen LogP contribution in [0.4, 0.5) is 5.69 Å². The number of fused-ring (bicyclic) bond motifs is 1. The number of aromatic nitrogens is 1. The van der Waals surface area contributed by atoms with Crippen LogP contribution < -0.4 is 10.6 Å². The topological polar surface area (TPSA) is 71.1 Å². The first-order valence-electron chi connectivity index (χ1n) is 9.19. The Balaban J connectivity index is 1.66. The third-order valence-electron chi connectivity index (χ3n) is 4.68. The van der Waals surface area contributed by atoms with Gasteiger partial charge in [-0.1, -0.05) is 32.0 Å². The molecule has 3 aromatic rings. The molecule has 0 fully saturated rings. The Morgan fingerprint density at radius 3 is 2.75 bits per heavy atom. The van der Waals surface area contributed by atoms with Gasteiger partial charge in [0, 0.05) is 46.0 Å². The van der Waals surface area contributed by atoms with Crippen molar-refractivity contribution in [2.24, 2.45) is 5.92 Å². The molecule has 5 nitrogen and oxygen atoms in total. The number of halogens is 1. The molecule has 1 atom stereocenters. The van der Waals surface area contributed by atoms with Crippen LogP contribution in [0.3, 0.4) is 0 Å². The lowest BCUT2D eigenvalue weighted by Crippen LogP contribution is -2.23. The van der Waals surface area contributed by atoms with E-state index in [9.17, 15) is 9.59 Å². The van der Waals surface area contributed by atoms with Gasteiger partial charge in [0.2, 0.25) is 5.91 Å². The zero-order valence-corrected chi connectivity index (χ0v) is 17.4. The van der Waals surface area contributed by atoms with E-state index in [1.807, 2.05) is 50.2 Å². The maximum Gasteiger partial charge on any atom is 0.251 e. The van der Waals surface area contributed by atoms with Gasteiger partial charge in [0.15, 0.2) is 0 Å². The molecule has 0 aliphatic carbocycles. The molecule has 0 saturated heterocycles. The molecule has 6 heteroatoms. The lowest BCUT2D eigenvalue weighted by atomic mass is 10.1. The summed E-state index contributed by atoms with van der Waals surface area (Å²) in [6.45, 7) is 4.26. The summed E-state index contributed by atoms with van der Waals surface area (Å²) in [7, 11) is 0. The molecule has 2 N–H and O–H groups in total. The number of nitrogens with one attached hydrogen (secondary N) is 2. The third kappa shape index (κ3) is 4.75. The molecule has 2 amide bonds. The predicted molar refractivity (Wildman–Crippen MR) is 115 cm³/mol. The Hall–Kier alpha value is -2.73. The van der Waals surface area contributed by atoms with Crippen molar-refractivity contribution in [2.75, 3.05) is 5.32 Å². The zero-order valence-electron chi connectivity index (χ0n) is 15.8. The standard InChI is InChI=1S/C22H22BrN3O2/c1-3-14(2)21(27)26-18-6-4-5-15(9-18)11-25-22(28)16-7-8-19-17(10-16)12-24-13-20(19)23/h4-10,12-14H,3,11H2,1-2H3,(H,25,28)(H,26,27). The number of pyridine rings is 1. The molecule has 1 aromatic heterocycles. The van der Waals surface area contributed by atoms with E-state index in [2.05, 4.69) is 31.5 Å². The molecule has 1 unspecified atom stereocenters. The lowest BCUT2D eigenvalue weighted by molar-refractivity contribution is -0.119. The molecule has 3 rings (SSSR count). The molecular formula is C22H22BrN3O2. The smallest absolute Gasteiger partial charge is 0.251 e. The second-order valence-electron chi connectivity index (χ2n) is 6.74. The minimum absolute atomic E-state index is 0.000352. The minimum atomic E-state index is -0.157. The van der Waals surface area contributed by atoms with Gasteiger partial charge in [-0.05, 0) is 57.6 Å². The molecule has 0 aliphatic rings. The number of amides is 2. The summed E-state index contributed by atoms with van der Waals surface area (Å²) in [4.78, 5) is 28.7. The molecule has 28 heavy (non-hydrogen) atoms. The van der Waals surface area contributed by atoms with Crippen LogP contribution in [-0.2, 0) is 11.3 Å². The summed E-state index contributed by atoms with van der Waals surface area (Å²) < 4.78 is 0.896. The Morgan fingerprint density at radius 2 is 1.96 bits per heavy atom. The highest BCUT2D eigenvalue weighted by atomic mass is 79.9. The summed E-state index contributed by atoms with van der Waals surface area (Å²) >= 11 is 3.46. The molecule has 1 heterocycles. The van der Waals surface area contributed by atoms with Crippen molar-refractivity contribution in [2.45, 2.75) is 26.8 Å². The van der Waals surface area contributed by atoms with Gasteiger partial charge in [-0.15, -0.1) is 0 Å². The quantitative estimate of drug-likeness (QED) is 0.572. The first kappa shape index (κ1) is 20.0. The van der Waals surface area contributed by atoms with Gasteiger partial charge in [0.1, 0.15) is 0 Å². The van der Waals surface area contributed by atoms with Crippen LogP contribution in [0, 0.1) is 5.92 Å². The number of carbonyl (C=O) groups excluding carboxylic acids is 2. The maximum atomic E-state index is 12.5. The fourth-order valence-electron chi connectivity index (χ4n) is 2.78. The fraction of sp³-hybridized carbons (Fsp3) is 0.227. The highest BCUT2D eigenvalue weighted by molar-refractivity contribution is 9.10. The van der Waals surface area contributed by atoms with Crippen molar-refractivity contribution in [1.82, 2.24) is 10.3 Å². The van der Waals surface area contributed by atoms with E-state index in [1.54, 1.807) is 18.5 Å². The van der Waals surface area contributed by atoms with Crippen molar-refractivity contribution in [3.05, 3.63) is 70.5 Å². The van der Waals surface area contributed by atoms with Gasteiger partial charge in [0.25, 0.3) is 5.91 Å². The molecule has 0 radical (unpaired) electrons. The molecule has 0 spiro atoms. The van der Waals surface area contributed by atoms with Gasteiger partial charge in [-0.3, -0.25) is 14.6 Å². The average molecular weight is 440 g/mol. The van der Waals surface area contributed by atoms with Crippen LogP contribution in [0.25, 0.3) is 10.8 Å². The normalized spacial score (nSPS) is 11.8. The summed E-state index contributed by atoms with van der Waals surface area (Å²) in [5.41, 5.74) is 2.23. The van der Waals surface area contributed by atoms with E-state index in [0.717, 1.165) is 32.9 Å². The van der Waals surface area contributed by atoms with Crippen molar-refractivity contribution < 1.29 is 9.59 Å². The summed E-state index contributed by atoms with van der Waals surface area (Å²) in [6, 6.07) is 13.0. The monoisotopic (exact) mass is 439 g/mol. The van der Waals surface area contributed by atoms with E-state index < -0.39 is 0 Å². The number of nitrogens with zero attached hydrogens (tertiary/aromatic N) is 1. The SMILES string of the molecule is CCC(C)C(=O)Nc1cccc(CNC(=O)c2ccc3c(Br)cncc3c2)c1. The molecular weight excluding hydrogens is 418 g/mol. The number of carbonyl (C=O) groups is 2. The number of rotatable bonds is 6. The van der Waals surface area contributed by atoms with Crippen LogP contribution in [-0.4, -0.2) is 16.8 Å². The number of benzene rings is 2. The van der Waals surface area contributed by atoms with Gasteiger partial charge in [0.05, 0.1) is 0 Å². The Morgan fingerprint density at radius 1 is 1.14 bits per heavy atom. The summed E-state index contributed by atoms with van der Waals surface area (Å²) in [5.74, 6) is -0.193. The van der Waals surface area contributed by atoms with E-state index >= 15 is 0 Å². The van der Waals surface area contributed by atoms with E-state index in [1.165, 1.54) is 0 Å². The van der Waals surface area contributed by atoms with E-state index in [0.29, 0.717) is 12.1 Å². The zero-order chi connectivity index (χ0) is 20.1. The lowest BCUT2D eigenvalue weighted by Gasteiger charge is -2.12. The van der Waals surface area contributed by atoms with Crippen molar-refractivity contribution in [3.63, 3.8) is 0 Å². The predicted octanol–water partition coefficient (Wildman–Crippen LogP) is 4.91. The van der Waals surface area contributed by atoms with E-state index in [-0.39, 0.29) is 17.7 Å². The van der Waals surface area contributed by atoms with Gasteiger partial charge in [-0.2, -0.15) is 0 Å². The first-order valence-corrected chi connectivity index (χ1v) is 9.98. The van der Waals surface area contributed by atoms with Crippen molar-refractivity contribution in [1.29, 1.82) is 0 Å². The second-order valence-corrected chi connectivity index (χ2v) is 7.59. The first-order chi connectivity index (χ1) is 13.5. The van der Waals surface area contributed by atoms with Crippen molar-refractivity contribution >= 4 is 44.2 Å². The van der Waals surface area contributed by atoms with Crippen LogP contribution >= 0.6 is 15.9 Å². The maximum absolute atomic E-state index is 12.5. The minimum Gasteiger partial charge on any atom is -0.348 e. The number of hydrogen-bond acceptors (Lipinski definition) is 3. The fourth-order valence-corrected chi connectivity index (χ4v) is 3.25. The largest absolute Gasteiger partial charge is 0.348 e. The molecule has 0 bridgehead atoms. The van der Waals surface area contributed by atoms with E-state index in [4.69, 9.17) is 0 Å². The molecule has 2 aromatic carbocycles. The second kappa shape index (κ2) is 8.97. The molecule has 0 saturated carbocycles. The number of hydrogen-bond donors (Lipinski definition) is 2. The van der Waals surface area contributed by atoms with Crippen LogP contribution in [0.5, 0.6) is 0 Å². The average Bonchev–Trinajstić information content (AvgIpc) is 2.71. The Bertz CT molecular complexity index is 1020. The van der Waals surface area contributed by atoms with Crippen molar-refractivity contribution in [3.8, 4) is 0 Å². The van der Waals surface area contributed by atoms with Crippen LogP contribution in [0.15, 0.2) is 59.3 Å². The Labute approximate surface area is 172 Å². The highest BCUT2D eigenvalue weighted by Crippen LogP contribution is 2.23. The van der Waals surface area contributed by atoms with Gasteiger partial charge < -0.3 is 10.6 Å². The molecule has 0 aliphatic heterocycles. The van der Waals surface area contributed by atoms with Gasteiger partial charge in [-0.25, -0.2) is 0 Å². The van der Waals surface area contributed by atoms with Crippen LogP contribution in [0.2, 0.25) is 0 Å².